The number of likely N-dealkylation sites (tertiary alicyclic amines) is 1. The Morgan fingerprint density at radius 3 is 2.33 bits per heavy atom. The van der Waals surface area contributed by atoms with E-state index in [1.165, 1.54) is 32.4 Å². The Bertz CT molecular complexity index is 132. The number of rotatable bonds is 3. The summed E-state index contributed by atoms with van der Waals surface area (Å²) < 4.78 is 0. The molecule has 0 unspecified atom stereocenters. The number of nitrogens with one attached hydrogen (secondary N) is 1. The zero-order valence-corrected chi connectivity index (χ0v) is 8.20. The fourth-order valence-electron chi connectivity index (χ4n) is 1.46. The lowest BCUT2D eigenvalue weighted by atomic mass is 10.1. The second kappa shape index (κ2) is 6.26. The van der Waals surface area contributed by atoms with Gasteiger partial charge in [-0.2, -0.15) is 0 Å². The van der Waals surface area contributed by atoms with Gasteiger partial charge in [0.2, 0.25) is 0 Å². The van der Waals surface area contributed by atoms with Crippen LogP contribution in [0.15, 0.2) is 0 Å². The molecule has 0 amide bonds. The van der Waals surface area contributed by atoms with E-state index in [9.17, 15) is 0 Å². The molecule has 4 heteroatoms. The minimum absolute atomic E-state index is 0. The van der Waals surface area contributed by atoms with Gasteiger partial charge in [0.05, 0.1) is 5.84 Å². The molecule has 0 aromatic heterocycles. The van der Waals surface area contributed by atoms with Gasteiger partial charge in [-0.05, 0) is 25.9 Å². The second-order valence-corrected chi connectivity index (χ2v) is 3.18. The van der Waals surface area contributed by atoms with E-state index >= 15 is 0 Å². The highest BCUT2D eigenvalue weighted by atomic mass is 35.5. The van der Waals surface area contributed by atoms with Crippen molar-refractivity contribution in [3.8, 4) is 0 Å². The number of hydrogen-bond acceptors (Lipinski definition) is 2. The SMILES string of the molecule is Cl.N=C(N)CCN1CCCCC1. The summed E-state index contributed by atoms with van der Waals surface area (Å²) in [6, 6.07) is 0. The van der Waals surface area contributed by atoms with Crippen molar-refractivity contribution in [2.75, 3.05) is 19.6 Å². The largest absolute Gasteiger partial charge is 0.388 e. The summed E-state index contributed by atoms with van der Waals surface area (Å²) in [6.45, 7) is 3.38. The van der Waals surface area contributed by atoms with Crippen LogP contribution in [0, 0.1) is 5.41 Å². The van der Waals surface area contributed by atoms with E-state index in [0.717, 1.165) is 13.0 Å². The summed E-state index contributed by atoms with van der Waals surface area (Å²) in [7, 11) is 0. The van der Waals surface area contributed by atoms with Crippen molar-refractivity contribution >= 4 is 18.2 Å². The van der Waals surface area contributed by atoms with Gasteiger partial charge in [-0.3, -0.25) is 5.41 Å². The first-order valence-corrected chi connectivity index (χ1v) is 4.34. The Labute approximate surface area is 80.2 Å². The van der Waals surface area contributed by atoms with Crippen LogP contribution in [-0.4, -0.2) is 30.4 Å². The van der Waals surface area contributed by atoms with Crippen LogP contribution in [0.4, 0.5) is 0 Å². The molecule has 1 heterocycles. The van der Waals surface area contributed by atoms with Crippen LogP contribution in [0.2, 0.25) is 0 Å². The summed E-state index contributed by atoms with van der Waals surface area (Å²) >= 11 is 0. The standard InChI is InChI=1S/C8H17N3.ClH/c9-8(10)4-7-11-5-2-1-3-6-11;/h1-7H2,(H3,9,10);1H. The quantitative estimate of drug-likeness (QED) is 0.521. The van der Waals surface area contributed by atoms with E-state index in [1.807, 2.05) is 0 Å². The zero-order chi connectivity index (χ0) is 8.10. The summed E-state index contributed by atoms with van der Waals surface area (Å²) in [5.41, 5.74) is 5.27. The van der Waals surface area contributed by atoms with Gasteiger partial charge >= 0.3 is 0 Å². The highest BCUT2D eigenvalue weighted by molar-refractivity contribution is 5.85. The van der Waals surface area contributed by atoms with Crippen molar-refractivity contribution in [3.63, 3.8) is 0 Å². The van der Waals surface area contributed by atoms with Crippen LogP contribution in [0.3, 0.4) is 0 Å². The molecule has 1 rings (SSSR count). The van der Waals surface area contributed by atoms with Gasteiger partial charge in [-0.1, -0.05) is 6.42 Å². The first kappa shape index (κ1) is 11.7. The molecule has 12 heavy (non-hydrogen) atoms. The van der Waals surface area contributed by atoms with E-state index < -0.39 is 0 Å². The molecule has 0 aliphatic carbocycles. The van der Waals surface area contributed by atoms with Gasteiger partial charge in [-0.15, -0.1) is 12.4 Å². The molecule has 1 fully saturated rings. The normalized spacial score (nSPS) is 18.3. The number of amidine groups is 1. The van der Waals surface area contributed by atoms with Gasteiger partial charge in [0.1, 0.15) is 0 Å². The van der Waals surface area contributed by atoms with Crippen LogP contribution >= 0.6 is 12.4 Å². The molecular weight excluding hydrogens is 174 g/mol. The highest BCUT2D eigenvalue weighted by Crippen LogP contribution is 2.08. The Balaban J connectivity index is 0.00000121. The molecule has 3 N–H and O–H groups in total. The summed E-state index contributed by atoms with van der Waals surface area (Å²) in [6.07, 6.45) is 4.74. The third-order valence-electron chi connectivity index (χ3n) is 2.15. The maximum absolute atomic E-state index is 7.06. The van der Waals surface area contributed by atoms with Crippen molar-refractivity contribution in [3.05, 3.63) is 0 Å². The third kappa shape index (κ3) is 4.57. The van der Waals surface area contributed by atoms with Crippen molar-refractivity contribution in [1.29, 1.82) is 5.41 Å². The average Bonchev–Trinajstić information content (AvgIpc) is 2.03. The Morgan fingerprint density at radius 1 is 1.25 bits per heavy atom. The van der Waals surface area contributed by atoms with Crippen molar-refractivity contribution in [2.24, 2.45) is 5.73 Å². The molecule has 0 aromatic carbocycles. The van der Waals surface area contributed by atoms with E-state index in [0.29, 0.717) is 5.84 Å². The van der Waals surface area contributed by atoms with E-state index in [2.05, 4.69) is 4.90 Å². The van der Waals surface area contributed by atoms with Crippen LogP contribution in [-0.2, 0) is 0 Å². The van der Waals surface area contributed by atoms with Gasteiger partial charge in [0.25, 0.3) is 0 Å². The molecule has 1 saturated heterocycles. The van der Waals surface area contributed by atoms with Crippen molar-refractivity contribution in [2.45, 2.75) is 25.7 Å². The number of hydrogen-bond donors (Lipinski definition) is 2. The molecule has 72 valence electrons. The number of nitrogens with two attached hydrogens (primary N) is 1. The smallest absolute Gasteiger partial charge is 0.0918 e. The van der Waals surface area contributed by atoms with Crippen molar-refractivity contribution < 1.29 is 0 Å². The summed E-state index contributed by atoms with van der Waals surface area (Å²) in [4.78, 5) is 2.39. The summed E-state index contributed by atoms with van der Waals surface area (Å²) in [5, 5.41) is 7.06. The Morgan fingerprint density at radius 2 is 1.83 bits per heavy atom. The van der Waals surface area contributed by atoms with Crippen LogP contribution in [0.25, 0.3) is 0 Å². The summed E-state index contributed by atoms with van der Waals surface area (Å²) in [5.74, 6) is 0.315. The molecule has 0 aromatic rings. The first-order valence-electron chi connectivity index (χ1n) is 4.34. The molecule has 0 radical (unpaired) electrons. The number of piperidine rings is 1. The minimum Gasteiger partial charge on any atom is -0.388 e. The van der Waals surface area contributed by atoms with Gasteiger partial charge in [-0.25, -0.2) is 0 Å². The molecule has 3 nitrogen and oxygen atoms in total. The number of halogens is 1. The highest BCUT2D eigenvalue weighted by Gasteiger charge is 2.08. The predicted molar refractivity (Wildman–Crippen MR) is 54.1 cm³/mol. The first-order chi connectivity index (χ1) is 5.29. The van der Waals surface area contributed by atoms with E-state index in [1.54, 1.807) is 0 Å². The van der Waals surface area contributed by atoms with Gasteiger partial charge in [0, 0.05) is 13.0 Å². The molecule has 0 spiro atoms. The van der Waals surface area contributed by atoms with Crippen LogP contribution in [0.1, 0.15) is 25.7 Å². The second-order valence-electron chi connectivity index (χ2n) is 3.18. The maximum Gasteiger partial charge on any atom is 0.0918 e. The lowest BCUT2D eigenvalue weighted by Gasteiger charge is -2.25. The lowest BCUT2D eigenvalue weighted by molar-refractivity contribution is 0.234. The van der Waals surface area contributed by atoms with E-state index in [-0.39, 0.29) is 12.4 Å². The average molecular weight is 192 g/mol. The Kier molecular flexibility index (Phi) is 6.11. The topological polar surface area (TPSA) is 53.1 Å². The molecular formula is C8H18ClN3. The molecule has 0 saturated carbocycles. The van der Waals surface area contributed by atoms with Gasteiger partial charge < -0.3 is 10.6 Å². The maximum atomic E-state index is 7.06. The van der Waals surface area contributed by atoms with Crippen molar-refractivity contribution in [1.82, 2.24) is 4.90 Å². The zero-order valence-electron chi connectivity index (χ0n) is 7.38. The fraction of sp³-hybridized carbons (Fsp3) is 0.875. The minimum atomic E-state index is 0. The predicted octanol–water partition coefficient (Wildman–Crippen LogP) is 1.22. The van der Waals surface area contributed by atoms with Gasteiger partial charge in [0.15, 0.2) is 0 Å². The monoisotopic (exact) mass is 191 g/mol. The van der Waals surface area contributed by atoms with Crippen LogP contribution < -0.4 is 5.73 Å². The number of nitrogens with zero attached hydrogens (tertiary/aromatic N) is 1. The van der Waals surface area contributed by atoms with Crippen LogP contribution in [0.5, 0.6) is 0 Å². The third-order valence-corrected chi connectivity index (χ3v) is 2.15. The Hall–Kier alpha value is -0.280. The molecule has 0 bridgehead atoms. The molecule has 1 aliphatic rings. The molecule has 1 aliphatic heterocycles. The van der Waals surface area contributed by atoms with E-state index in [4.69, 9.17) is 11.1 Å². The molecule has 0 atom stereocenters. The lowest BCUT2D eigenvalue weighted by Crippen LogP contribution is -2.32. The fourth-order valence-corrected chi connectivity index (χ4v) is 1.46.